The highest BCUT2D eigenvalue weighted by molar-refractivity contribution is 7.97. The van der Waals surface area contributed by atoms with E-state index in [0.29, 0.717) is 0 Å². The molecule has 0 amide bonds. The van der Waals surface area contributed by atoms with Gasteiger partial charge >= 0.3 is 0 Å². The number of aryl methyl sites for hydroxylation is 2. The van der Waals surface area contributed by atoms with Gasteiger partial charge in [-0.05, 0) is 37.9 Å². The van der Waals surface area contributed by atoms with Crippen LogP contribution in [0.3, 0.4) is 0 Å². The van der Waals surface area contributed by atoms with E-state index in [4.69, 9.17) is 5.14 Å². The summed E-state index contributed by atoms with van der Waals surface area (Å²) in [5, 5.41) is 5.38. The average molecular weight is 154 g/mol. The largest absolute Gasteiger partial charge is 0.274 e. The third-order valence-corrected chi connectivity index (χ3v) is 1.99. The number of rotatable bonds is 1. The van der Waals surface area contributed by atoms with Crippen LogP contribution < -0.4 is 5.14 Å². The lowest BCUT2D eigenvalue weighted by molar-refractivity contribution is 1.06. The van der Waals surface area contributed by atoms with Gasteiger partial charge in [-0.2, -0.15) is 0 Å². The normalized spacial score (nSPS) is 9.90. The fourth-order valence-electron chi connectivity index (χ4n) is 0.798. The first kappa shape index (κ1) is 7.57. The number of hydrogen-bond donors (Lipinski definition) is 1. The molecule has 0 saturated heterocycles. The molecular weight excluding hydrogens is 144 g/mol. The topological polar surface area (TPSA) is 38.9 Å². The van der Waals surface area contributed by atoms with Gasteiger partial charge in [0.05, 0.1) is 5.69 Å². The zero-order chi connectivity index (χ0) is 7.56. The molecule has 0 aromatic carbocycles. The minimum Gasteiger partial charge on any atom is -0.274 e. The molecule has 1 rings (SSSR count). The molecule has 54 valence electrons. The molecule has 0 unspecified atom stereocenters. The van der Waals surface area contributed by atoms with Gasteiger partial charge in [0.1, 0.15) is 0 Å². The smallest absolute Gasteiger partial charge is 0.0524 e. The molecule has 0 aliphatic carbocycles. The number of pyridine rings is 1. The Labute approximate surface area is 65.0 Å². The number of nitrogens with two attached hydrogens (primary N) is 1. The second-order valence-corrected chi connectivity index (χ2v) is 2.83. The Morgan fingerprint density at radius 2 is 2.10 bits per heavy atom. The van der Waals surface area contributed by atoms with E-state index in [2.05, 4.69) is 4.98 Å². The Balaban J connectivity index is 3.07. The molecule has 1 aromatic rings. The van der Waals surface area contributed by atoms with Crippen LogP contribution in [0.1, 0.15) is 11.4 Å². The van der Waals surface area contributed by atoms with Gasteiger partial charge in [0.2, 0.25) is 0 Å². The Morgan fingerprint density at radius 1 is 1.40 bits per heavy atom. The maximum Gasteiger partial charge on any atom is 0.0524 e. The zero-order valence-electron chi connectivity index (χ0n) is 6.09. The molecule has 0 spiro atoms. The molecule has 0 bridgehead atoms. The third kappa shape index (κ3) is 1.49. The van der Waals surface area contributed by atoms with Crippen LogP contribution in [-0.4, -0.2) is 4.98 Å². The van der Waals surface area contributed by atoms with E-state index < -0.39 is 0 Å². The molecule has 0 fully saturated rings. The van der Waals surface area contributed by atoms with E-state index in [1.54, 1.807) is 0 Å². The summed E-state index contributed by atoms with van der Waals surface area (Å²) in [5.41, 5.74) is 2.04. The van der Waals surface area contributed by atoms with Crippen LogP contribution in [0.25, 0.3) is 0 Å². The standard InChI is InChI=1S/C7H10N2S/c1-5-3-4-7(10-8)6(2)9-5/h3-4H,8H2,1-2H3. The summed E-state index contributed by atoms with van der Waals surface area (Å²) >= 11 is 1.24. The second-order valence-electron chi connectivity index (χ2n) is 2.15. The van der Waals surface area contributed by atoms with Crippen molar-refractivity contribution in [2.45, 2.75) is 18.7 Å². The first-order valence-corrected chi connectivity index (χ1v) is 3.93. The highest BCUT2D eigenvalue weighted by atomic mass is 32.2. The van der Waals surface area contributed by atoms with Gasteiger partial charge in [0.15, 0.2) is 0 Å². The van der Waals surface area contributed by atoms with Gasteiger partial charge in [0.25, 0.3) is 0 Å². The molecule has 1 aromatic heterocycles. The average Bonchev–Trinajstić information content (AvgIpc) is 1.88. The molecule has 2 nitrogen and oxygen atoms in total. The van der Waals surface area contributed by atoms with E-state index in [1.807, 2.05) is 26.0 Å². The molecule has 10 heavy (non-hydrogen) atoms. The SMILES string of the molecule is Cc1ccc(SN)c(C)n1. The fourth-order valence-corrected chi connectivity index (χ4v) is 1.16. The Morgan fingerprint density at radius 3 is 2.60 bits per heavy atom. The highest BCUT2D eigenvalue weighted by Gasteiger charge is 1.96. The summed E-state index contributed by atoms with van der Waals surface area (Å²) in [4.78, 5) is 5.29. The Bertz CT molecular complexity index is 235. The minimum absolute atomic E-state index is 1.01. The monoisotopic (exact) mass is 154 g/mol. The Kier molecular flexibility index (Phi) is 2.29. The van der Waals surface area contributed by atoms with Crippen molar-refractivity contribution in [2.75, 3.05) is 0 Å². The maximum absolute atomic E-state index is 5.38. The van der Waals surface area contributed by atoms with Crippen LogP contribution in [-0.2, 0) is 0 Å². The van der Waals surface area contributed by atoms with E-state index in [9.17, 15) is 0 Å². The lowest BCUT2D eigenvalue weighted by atomic mass is 10.3. The highest BCUT2D eigenvalue weighted by Crippen LogP contribution is 2.14. The third-order valence-electron chi connectivity index (χ3n) is 1.30. The molecule has 0 atom stereocenters. The van der Waals surface area contributed by atoms with Crippen LogP contribution in [0.15, 0.2) is 17.0 Å². The number of aromatic nitrogens is 1. The number of nitrogens with zero attached hydrogens (tertiary/aromatic N) is 1. The van der Waals surface area contributed by atoms with E-state index in [1.165, 1.54) is 11.9 Å². The van der Waals surface area contributed by atoms with Crippen molar-refractivity contribution in [1.82, 2.24) is 4.98 Å². The zero-order valence-corrected chi connectivity index (χ0v) is 6.90. The number of hydrogen-bond acceptors (Lipinski definition) is 3. The van der Waals surface area contributed by atoms with Gasteiger partial charge in [0, 0.05) is 10.6 Å². The lowest BCUT2D eigenvalue weighted by Crippen LogP contribution is -1.90. The van der Waals surface area contributed by atoms with Crippen LogP contribution in [0.4, 0.5) is 0 Å². The van der Waals surface area contributed by atoms with Gasteiger partial charge in [-0.25, -0.2) is 0 Å². The molecule has 0 aliphatic heterocycles. The molecule has 0 aliphatic rings. The van der Waals surface area contributed by atoms with Crippen molar-refractivity contribution < 1.29 is 0 Å². The van der Waals surface area contributed by atoms with Crippen molar-refractivity contribution >= 4 is 11.9 Å². The van der Waals surface area contributed by atoms with E-state index >= 15 is 0 Å². The summed E-state index contributed by atoms with van der Waals surface area (Å²) in [6, 6.07) is 3.95. The lowest BCUT2D eigenvalue weighted by Gasteiger charge is -2.00. The molecule has 3 heteroatoms. The van der Waals surface area contributed by atoms with Crippen molar-refractivity contribution in [3.05, 3.63) is 23.5 Å². The minimum atomic E-state index is 1.01. The van der Waals surface area contributed by atoms with Crippen molar-refractivity contribution in [2.24, 2.45) is 5.14 Å². The van der Waals surface area contributed by atoms with E-state index in [-0.39, 0.29) is 0 Å². The molecule has 0 saturated carbocycles. The molecular formula is C7H10N2S. The Hall–Kier alpha value is -0.540. The maximum atomic E-state index is 5.38. The molecule has 2 N–H and O–H groups in total. The first-order chi connectivity index (χ1) is 4.74. The molecule has 0 radical (unpaired) electrons. The van der Waals surface area contributed by atoms with Gasteiger partial charge < -0.3 is 0 Å². The predicted octanol–water partition coefficient (Wildman–Crippen LogP) is 1.66. The van der Waals surface area contributed by atoms with E-state index in [0.717, 1.165) is 16.3 Å². The van der Waals surface area contributed by atoms with Crippen molar-refractivity contribution in [3.63, 3.8) is 0 Å². The first-order valence-electron chi connectivity index (χ1n) is 3.05. The quantitative estimate of drug-likeness (QED) is 0.625. The van der Waals surface area contributed by atoms with Crippen molar-refractivity contribution in [3.8, 4) is 0 Å². The summed E-state index contributed by atoms with van der Waals surface area (Å²) < 4.78 is 0. The van der Waals surface area contributed by atoms with Crippen LogP contribution in [0, 0.1) is 13.8 Å². The second kappa shape index (κ2) is 3.03. The van der Waals surface area contributed by atoms with Crippen LogP contribution >= 0.6 is 11.9 Å². The van der Waals surface area contributed by atoms with Gasteiger partial charge in [-0.3, -0.25) is 10.1 Å². The van der Waals surface area contributed by atoms with Crippen molar-refractivity contribution in [1.29, 1.82) is 0 Å². The summed E-state index contributed by atoms with van der Waals surface area (Å²) in [5.74, 6) is 0. The van der Waals surface area contributed by atoms with Crippen LogP contribution in [0.5, 0.6) is 0 Å². The van der Waals surface area contributed by atoms with Gasteiger partial charge in [-0.1, -0.05) is 0 Å². The predicted molar refractivity (Wildman–Crippen MR) is 43.8 cm³/mol. The summed E-state index contributed by atoms with van der Waals surface area (Å²) in [7, 11) is 0. The summed E-state index contributed by atoms with van der Waals surface area (Å²) in [6.45, 7) is 3.93. The van der Waals surface area contributed by atoms with Crippen LogP contribution in [0.2, 0.25) is 0 Å². The van der Waals surface area contributed by atoms with Gasteiger partial charge in [-0.15, -0.1) is 0 Å². The fraction of sp³-hybridized carbons (Fsp3) is 0.286. The summed E-state index contributed by atoms with van der Waals surface area (Å²) in [6.07, 6.45) is 0. The molecule has 1 heterocycles.